The Morgan fingerprint density at radius 3 is 2.56 bits per heavy atom. The zero-order valence-corrected chi connectivity index (χ0v) is 18.9. The van der Waals surface area contributed by atoms with Gasteiger partial charge in [-0.3, -0.25) is 4.99 Å². The molecule has 0 atom stereocenters. The summed E-state index contributed by atoms with van der Waals surface area (Å²) in [6, 6.07) is 14.4. The van der Waals surface area contributed by atoms with Crippen LogP contribution in [-0.2, 0) is 13.0 Å². The molecule has 0 amide bonds. The highest BCUT2D eigenvalue weighted by Crippen LogP contribution is 2.19. The number of ether oxygens (including phenoxy) is 2. The lowest BCUT2D eigenvalue weighted by molar-refractivity contribution is 0.408. The number of rotatable bonds is 8. The Morgan fingerprint density at radius 1 is 1.04 bits per heavy atom. The summed E-state index contributed by atoms with van der Waals surface area (Å²) in [5, 5.41) is 6.69. The number of hydrogen-bond acceptors (Lipinski definition) is 3. The summed E-state index contributed by atoms with van der Waals surface area (Å²) < 4.78 is 10.7. The van der Waals surface area contributed by atoms with Crippen molar-refractivity contribution < 1.29 is 9.47 Å². The van der Waals surface area contributed by atoms with Gasteiger partial charge in [0.05, 0.1) is 14.2 Å². The van der Waals surface area contributed by atoms with Gasteiger partial charge in [0.1, 0.15) is 11.5 Å². The van der Waals surface area contributed by atoms with Crippen LogP contribution < -0.4 is 20.1 Å². The van der Waals surface area contributed by atoms with Gasteiger partial charge in [-0.05, 0) is 49.1 Å². The lowest BCUT2D eigenvalue weighted by atomic mass is 10.1. The van der Waals surface area contributed by atoms with Crippen molar-refractivity contribution in [1.82, 2.24) is 10.6 Å². The molecule has 148 valence electrons. The number of methoxy groups -OCH3 is 2. The van der Waals surface area contributed by atoms with E-state index >= 15 is 0 Å². The van der Waals surface area contributed by atoms with Gasteiger partial charge in [-0.25, -0.2) is 0 Å². The van der Waals surface area contributed by atoms with E-state index in [0.29, 0.717) is 6.54 Å². The summed E-state index contributed by atoms with van der Waals surface area (Å²) in [6.45, 7) is 3.57. The maximum Gasteiger partial charge on any atom is 0.191 e. The number of nitrogens with one attached hydrogen (secondary N) is 2. The SMILES string of the molecule is CN=C(NCCCc1cccc(OC)c1)NCc1ccc(C)cc1OC.I. The molecule has 0 radical (unpaired) electrons. The maximum absolute atomic E-state index is 5.45. The van der Waals surface area contributed by atoms with E-state index in [0.717, 1.165) is 42.4 Å². The van der Waals surface area contributed by atoms with Crippen LogP contribution in [0.1, 0.15) is 23.1 Å². The van der Waals surface area contributed by atoms with Gasteiger partial charge in [0, 0.05) is 25.7 Å². The van der Waals surface area contributed by atoms with Crippen LogP contribution in [0.5, 0.6) is 11.5 Å². The second kappa shape index (κ2) is 12.4. The van der Waals surface area contributed by atoms with Crippen molar-refractivity contribution in [2.45, 2.75) is 26.3 Å². The summed E-state index contributed by atoms with van der Waals surface area (Å²) in [6.07, 6.45) is 2.01. The third-order valence-corrected chi connectivity index (χ3v) is 4.18. The first-order chi connectivity index (χ1) is 12.7. The van der Waals surface area contributed by atoms with Gasteiger partial charge in [-0.1, -0.05) is 24.3 Å². The van der Waals surface area contributed by atoms with Gasteiger partial charge in [0.2, 0.25) is 0 Å². The molecule has 2 aromatic rings. The van der Waals surface area contributed by atoms with Crippen LogP contribution in [0.2, 0.25) is 0 Å². The quantitative estimate of drug-likeness (QED) is 0.259. The van der Waals surface area contributed by atoms with Crippen molar-refractivity contribution in [1.29, 1.82) is 0 Å². The van der Waals surface area contributed by atoms with E-state index in [1.54, 1.807) is 21.3 Å². The normalized spacial score (nSPS) is 10.7. The molecule has 2 rings (SSSR count). The van der Waals surface area contributed by atoms with Crippen LogP contribution in [0.15, 0.2) is 47.5 Å². The minimum absolute atomic E-state index is 0. The van der Waals surface area contributed by atoms with Crippen molar-refractivity contribution >= 4 is 29.9 Å². The highest BCUT2D eigenvalue weighted by Gasteiger charge is 2.05. The molecule has 0 heterocycles. The maximum atomic E-state index is 5.45. The van der Waals surface area contributed by atoms with E-state index in [9.17, 15) is 0 Å². The number of hydrogen-bond donors (Lipinski definition) is 2. The molecule has 0 aliphatic carbocycles. The van der Waals surface area contributed by atoms with Crippen molar-refractivity contribution in [3.63, 3.8) is 0 Å². The summed E-state index contributed by atoms with van der Waals surface area (Å²) >= 11 is 0. The summed E-state index contributed by atoms with van der Waals surface area (Å²) in [5.74, 6) is 2.59. The number of guanidine groups is 1. The molecule has 0 spiro atoms. The fourth-order valence-corrected chi connectivity index (χ4v) is 2.72. The van der Waals surface area contributed by atoms with E-state index in [2.05, 4.69) is 46.8 Å². The highest BCUT2D eigenvalue weighted by molar-refractivity contribution is 14.0. The fourth-order valence-electron chi connectivity index (χ4n) is 2.72. The first-order valence-electron chi connectivity index (χ1n) is 8.87. The van der Waals surface area contributed by atoms with Crippen molar-refractivity contribution in [2.75, 3.05) is 27.8 Å². The molecule has 27 heavy (non-hydrogen) atoms. The lowest BCUT2D eigenvalue weighted by Crippen LogP contribution is -2.37. The largest absolute Gasteiger partial charge is 0.497 e. The summed E-state index contributed by atoms with van der Waals surface area (Å²) in [7, 11) is 5.17. The van der Waals surface area contributed by atoms with Crippen molar-refractivity contribution in [3.05, 3.63) is 59.2 Å². The van der Waals surface area contributed by atoms with Gasteiger partial charge in [-0.2, -0.15) is 0 Å². The van der Waals surface area contributed by atoms with Gasteiger partial charge in [0.15, 0.2) is 5.96 Å². The Kier molecular flexibility index (Phi) is 10.6. The molecule has 0 aliphatic rings. The minimum Gasteiger partial charge on any atom is -0.497 e. The third kappa shape index (κ3) is 7.66. The Hall–Kier alpha value is -1.96. The molecule has 0 bridgehead atoms. The van der Waals surface area contributed by atoms with Crippen LogP contribution >= 0.6 is 24.0 Å². The Morgan fingerprint density at radius 2 is 1.85 bits per heavy atom. The average Bonchev–Trinajstić information content (AvgIpc) is 2.68. The Balaban J connectivity index is 0.00000364. The minimum atomic E-state index is 0. The van der Waals surface area contributed by atoms with E-state index in [4.69, 9.17) is 9.47 Å². The third-order valence-electron chi connectivity index (χ3n) is 4.18. The van der Waals surface area contributed by atoms with E-state index < -0.39 is 0 Å². The zero-order chi connectivity index (χ0) is 18.8. The number of halogens is 1. The standard InChI is InChI=1S/C21H29N3O2.HI/c1-16-10-11-18(20(13-16)26-4)15-24-21(22-2)23-12-6-8-17-7-5-9-19(14-17)25-3;/h5,7,9-11,13-14H,6,8,12,15H2,1-4H3,(H2,22,23,24);1H. The highest BCUT2D eigenvalue weighted by atomic mass is 127. The van der Waals surface area contributed by atoms with E-state index in [1.807, 2.05) is 18.2 Å². The number of nitrogens with zero attached hydrogens (tertiary/aromatic N) is 1. The molecule has 0 aromatic heterocycles. The fraction of sp³-hybridized carbons (Fsp3) is 0.381. The predicted molar refractivity (Wildman–Crippen MR) is 123 cm³/mol. The zero-order valence-electron chi connectivity index (χ0n) is 16.5. The van der Waals surface area contributed by atoms with Crippen LogP contribution in [-0.4, -0.2) is 33.8 Å². The van der Waals surface area contributed by atoms with E-state index in [1.165, 1.54) is 11.1 Å². The van der Waals surface area contributed by atoms with Crippen molar-refractivity contribution in [3.8, 4) is 11.5 Å². The smallest absolute Gasteiger partial charge is 0.191 e. The van der Waals surface area contributed by atoms with Crippen molar-refractivity contribution in [2.24, 2.45) is 4.99 Å². The van der Waals surface area contributed by atoms with Crippen LogP contribution in [0.3, 0.4) is 0 Å². The number of aryl methyl sites for hydroxylation is 2. The topological polar surface area (TPSA) is 54.9 Å². The van der Waals surface area contributed by atoms with Gasteiger partial charge in [-0.15, -0.1) is 24.0 Å². The second-order valence-corrected chi connectivity index (χ2v) is 6.12. The summed E-state index contributed by atoms with van der Waals surface area (Å²) in [5.41, 5.74) is 3.57. The van der Waals surface area contributed by atoms with Gasteiger partial charge < -0.3 is 20.1 Å². The summed E-state index contributed by atoms with van der Waals surface area (Å²) in [4.78, 5) is 4.28. The molecule has 2 N–H and O–H groups in total. The molecular weight excluding hydrogens is 453 g/mol. The van der Waals surface area contributed by atoms with Crippen LogP contribution in [0, 0.1) is 6.92 Å². The molecule has 0 saturated heterocycles. The van der Waals surface area contributed by atoms with E-state index in [-0.39, 0.29) is 24.0 Å². The Labute approximate surface area is 179 Å². The average molecular weight is 483 g/mol. The van der Waals surface area contributed by atoms with Crippen LogP contribution in [0.4, 0.5) is 0 Å². The molecule has 0 saturated carbocycles. The first kappa shape index (κ1) is 23.1. The molecule has 6 heteroatoms. The van der Waals surface area contributed by atoms with Crippen LogP contribution in [0.25, 0.3) is 0 Å². The van der Waals surface area contributed by atoms with Gasteiger partial charge >= 0.3 is 0 Å². The number of benzene rings is 2. The lowest BCUT2D eigenvalue weighted by Gasteiger charge is -2.14. The molecule has 0 unspecified atom stereocenters. The molecule has 2 aromatic carbocycles. The first-order valence-corrected chi connectivity index (χ1v) is 8.87. The van der Waals surface area contributed by atoms with Gasteiger partial charge in [0.25, 0.3) is 0 Å². The second-order valence-electron chi connectivity index (χ2n) is 6.12. The molecular formula is C21H30IN3O2. The Bertz CT molecular complexity index is 735. The predicted octanol–water partition coefficient (Wildman–Crippen LogP) is 3.93. The number of aliphatic imine (C=N–C) groups is 1. The molecule has 0 fully saturated rings. The molecule has 5 nitrogen and oxygen atoms in total. The monoisotopic (exact) mass is 483 g/mol. The molecule has 0 aliphatic heterocycles.